The minimum absolute atomic E-state index is 0.0770. The van der Waals surface area contributed by atoms with Gasteiger partial charge in [-0.3, -0.25) is 9.69 Å². The van der Waals surface area contributed by atoms with Crippen LogP contribution in [-0.4, -0.2) is 55.8 Å². The maximum Gasteiger partial charge on any atom is 0.243 e. The summed E-state index contributed by atoms with van der Waals surface area (Å²) in [6.45, 7) is 7.18. The highest BCUT2D eigenvalue weighted by Gasteiger charge is 2.32. The lowest BCUT2D eigenvalue weighted by Gasteiger charge is -2.36. The van der Waals surface area contributed by atoms with Gasteiger partial charge in [-0.2, -0.15) is 4.31 Å². The second kappa shape index (κ2) is 8.61. The summed E-state index contributed by atoms with van der Waals surface area (Å²) < 4.78 is 39.9. The van der Waals surface area contributed by atoms with Crippen LogP contribution < -0.4 is 5.32 Å². The number of piperazine rings is 1. The number of sulfonamides is 1. The molecule has 0 unspecified atom stereocenters. The lowest BCUT2D eigenvalue weighted by Crippen LogP contribution is -2.53. The van der Waals surface area contributed by atoms with Crippen LogP contribution in [0.2, 0.25) is 0 Å². The van der Waals surface area contributed by atoms with Crippen LogP contribution in [0.1, 0.15) is 18.1 Å². The van der Waals surface area contributed by atoms with Crippen molar-refractivity contribution in [1.82, 2.24) is 9.21 Å². The van der Waals surface area contributed by atoms with Crippen LogP contribution >= 0.6 is 0 Å². The first-order valence-corrected chi connectivity index (χ1v) is 11.0. The lowest BCUT2D eigenvalue weighted by molar-refractivity contribution is -0.121. The topological polar surface area (TPSA) is 69.7 Å². The van der Waals surface area contributed by atoms with E-state index in [0.717, 1.165) is 28.9 Å². The summed E-state index contributed by atoms with van der Waals surface area (Å²) in [5.74, 6) is -0.588. The molecule has 8 heteroatoms. The Kier molecular flexibility index (Phi) is 6.36. The van der Waals surface area contributed by atoms with Gasteiger partial charge in [-0.25, -0.2) is 12.8 Å². The van der Waals surface area contributed by atoms with Crippen LogP contribution in [0.4, 0.5) is 10.1 Å². The first kappa shape index (κ1) is 21.4. The number of nitrogens with one attached hydrogen (secondary N) is 1. The van der Waals surface area contributed by atoms with E-state index in [9.17, 15) is 17.6 Å². The van der Waals surface area contributed by atoms with Crippen LogP contribution in [0.5, 0.6) is 0 Å². The van der Waals surface area contributed by atoms with E-state index in [0.29, 0.717) is 13.1 Å². The molecular formula is C21H26FN3O3S. The number of carbonyl (C=O) groups is 1. The Hall–Kier alpha value is -2.29. The maximum atomic E-state index is 13.1. The van der Waals surface area contributed by atoms with Gasteiger partial charge < -0.3 is 5.32 Å². The molecule has 1 amide bonds. The van der Waals surface area contributed by atoms with E-state index in [1.807, 2.05) is 43.9 Å². The molecule has 1 saturated heterocycles. The molecule has 2 aromatic carbocycles. The van der Waals surface area contributed by atoms with Crippen molar-refractivity contribution in [3.05, 3.63) is 59.4 Å². The molecule has 0 saturated carbocycles. The summed E-state index contributed by atoms with van der Waals surface area (Å²) in [7, 11) is -3.67. The fourth-order valence-electron chi connectivity index (χ4n) is 3.49. The SMILES string of the molecule is Cc1cccc(C)c1NC(=O)[C@@H](C)N1CCN(S(=O)(=O)c2ccc(F)cc2)CC1. The molecule has 6 nitrogen and oxygen atoms in total. The third kappa shape index (κ3) is 4.66. The molecule has 1 atom stereocenters. The van der Waals surface area contributed by atoms with E-state index in [-0.39, 0.29) is 29.9 Å². The van der Waals surface area contributed by atoms with Crippen molar-refractivity contribution in [1.29, 1.82) is 0 Å². The number of para-hydroxylation sites is 1. The third-order valence-corrected chi connectivity index (χ3v) is 7.29. The predicted molar refractivity (Wildman–Crippen MR) is 111 cm³/mol. The third-order valence-electron chi connectivity index (χ3n) is 5.38. The number of anilines is 1. The van der Waals surface area contributed by atoms with Gasteiger partial charge in [-0.15, -0.1) is 0 Å². The van der Waals surface area contributed by atoms with E-state index in [1.54, 1.807) is 0 Å². The summed E-state index contributed by atoms with van der Waals surface area (Å²) >= 11 is 0. The molecule has 0 spiro atoms. The van der Waals surface area contributed by atoms with Gasteiger partial charge in [0.15, 0.2) is 0 Å². The lowest BCUT2D eigenvalue weighted by atomic mass is 10.1. The first-order chi connectivity index (χ1) is 13.7. The molecule has 1 aliphatic heterocycles. The van der Waals surface area contributed by atoms with Crippen molar-refractivity contribution in [2.24, 2.45) is 0 Å². The Bertz CT molecular complexity index is 964. The van der Waals surface area contributed by atoms with Gasteiger partial charge in [-0.1, -0.05) is 18.2 Å². The average Bonchev–Trinajstić information content (AvgIpc) is 2.70. The molecular weight excluding hydrogens is 393 g/mol. The Morgan fingerprint density at radius 3 is 2.10 bits per heavy atom. The zero-order chi connectivity index (χ0) is 21.2. The zero-order valence-corrected chi connectivity index (χ0v) is 17.7. The number of hydrogen-bond donors (Lipinski definition) is 1. The zero-order valence-electron chi connectivity index (χ0n) is 16.9. The van der Waals surface area contributed by atoms with Crippen LogP contribution in [0.25, 0.3) is 0 Å². The fraction of sp³-hybridized carbons (Fsp3) is 0.381. The van der Waals surface area contributed by atoms with Crippen LogP contribution in [0, 0.1) is 19.7 Å². The number of benzene rings is 2. The first-order valence-electron chi connectivity index (χ1n) is 9.57. The highest BCUT2D eigenvalue weighted by molar-refractivity contribution is 7.89. The molecule has 1 aliphatic rings. The predicted octanol–water partition coefficient (Wildman–Crippen LogP) is 2.78. The highest BCUT2D eigenvalue weighted by Crippen LogP contribution is 2.22. The largest absolute Gasteiger partial charge is 0.324 e. The smallest absolute Gasteiger partial charge is 0.243 e. The Morgan fingerprint density at radius 2 is 1.55 bits per heavy atom. The normalized spacial score (nSPS) is 17.1. The number of carbonyl (C=O) groups excluding carboxylic acids is 1. The standard InChI is InChI=1S/C21H26FN3O3S/c1-15-5-4-6-16(2)20(15)23-21(26)17(3)24-11-13-25(14-12-24)29(27,28)19-9-7-18(22)8-10-19/h4-10,17H,11-14H2,1-3H3,(H,23,26)/t17-/m1/s1. The van der Waals surface area contributed by atoms with Crippen LogP contribution in [-0.2, 0) is 14.8 Å². The molecule has 2 aromatic rings. The van der Waals surface area contributed by atoms with Crippen molar-refractivity contribution in [2.75, 3.05) is 31.5 Å². The van der Waals surface area contributed by atoms with Gasteiger partial charge in [0.2, 0.25) is 15.9 Å². The second-order valence-electron chi connectivity index (χ2n) is 7.33. The molecule has 0 radical (unpaired) electrons. The van der Waals surface area contributed by atoms with Gasteiger partial charge in [-0.05, 0) is 56.2 Å². The van der Waals surface area contributed by atoms with Crippen molar-refractivity contribution < 1.29 is 17.6 Å². The number of rotatable bonds is 5. The summed E-state index contributed by atoms with van der Waals surface area (Å²) in [6.07, 6.45) is 0. The molecule has 0 bridgehead atoms. The van der Waals surface area contributed by atoms with Crippen LogP contribution in [0.15, 0.2) is 47.4 Å². The highest BCUT2D eigenvalue weighted by atomic mass is 32.2. The van der Waals surface area contributed by atoms with Crippen LogP contribution in [0.3, 0.4) is 0 Å². The monoisotopic (exact) mass is 419 g/mol. The fourth-order valence-corrected chi connectivity index (χ4v) is 4.91. The Labute approximate surface area is 171 Å². The van der Waals surface area contributed by atoms with Gasteiger partial charge in [0.25, 0.3) is 0 Å². The Morgan fingerprint density at radius 1 is 1.00 bits per heavy atom. The number of aryl methyl sites for hydroxylation is 2. The van der Waals surface area contributed by atoms with Crippen molar-refractivity contribution in [3.8, 4) is 0 Å². The van der Waals surface area contributed by atoms with E-state index in [4.69, 9.17) is 0 Å². The van der Waals surface area contributed by atoms with Gasteiger partial charge in [0, 0.05) is 31.9 Å². The van der Waals surface area contributed by atoms with E-state index < -0.39 is 15.8 Å². The summed E-state index contributed by atoms with van der Waals surface area (Å²) in [6, 6.07) is 10.3. The van der Waals surface area contributed by atoms with Crippen molar-refractivity contribution in [2.45, 2.75) is 31.7 Å². The minimum Gasteiger partial charge on any atom is -0.324 e. The van der Waals surface area contributed by atoms with Gasteiger partial charge in [0.1, 0.15) is 5.82 Å². The molecule has 156 valence electrons. The molecule has 1 N–H and O–H groups in total. The quantitative estimate of drug-likeness (QED) is 0.809. The summed E-state index contributed by atoms with van der Waals surface area (Å²) in [5, 5.41) is 3.00. The molecule has 29 heavy (non-hydrogen) atoms. The van der Waals surface area contributed by atoms with E-state index in [1.165, 1.54) is 16.4 Å². The Balaban J connectivity index is 1.62. The molecule has 1 fully saturated rings. The maximum absolute atomic E-state index is 13.1. The van der Waals surface area contributed by atoms with E-state index in [2.05, 4.69) is 5.32 Å². The minimum atomic E-state index is -3.67. The number of nitrogens with zero attached hydrogens (tertiary/aromatic N) is 2. The average molecular weight is 420 g/mol. The molecule has 0 aromatic heterocycles. The van der Waals surface area contributed by atoms with E-state index >= 15 is 0 Å². The van der Waals surface area contributed by atoms with Crippen molar-refractivity contribution >= 4 is 21.6 Å². The number of amides is 1. The summed E-state index contributed by atoms with van der Waals surface area (Å²) in [5.41, 5.74) is 2.82. The number of hydrogen-bond acceptors (Lipinski definition) is 4. The molecule has 1 heterocycles. The van der Waals surface area contributed by atoms with Crippen molar-refractivity contribution in [3.63, 3.8) is 0 Å². The molecule has 3 rings (SSSR count). The summed E-state index contributed by atoms with van der Waals surface area (Å²) in [4.78, 5) is 14.8. The second-order valence-corrected chi connectivity index (χ2v) is 9.26. The van der Waals surface area contributed by atoms with Gasteiger partial charge >= 0.3 is 0 Å². The van der Waals surface area contributed by atoms with Gasteiger partial charge in [0.05, 0.1) is 10.9 Å². The molecule has 0 aliphatic carbocycles. The number of halogens is 1.